The van der Waals surface area contributed by atoms with E-state index in [0.29, 0.717) is 19.3 Å². The van der Waals surface area contributed by atoms with Gasteiger partial charge in [0.25, 0.3) is 0 Å². The first-order chi connectivity index (χ1) is 32.2. The Kier molecular flexibility index (Phi) is 47.0. The number of esters is 3. The molecule has 0 aromatic carbocycles. The number of carbonyl (C=O) groups is 3. The molecule has 0 saturated heterocycles. The highest BCUT2D eigenvalue weighted by atomic mass is 31.2. The summed E-state index contributed by atoms with van der Waals surface area (Å²) in [5.74, 6) is -1.55. The van der Waals surface area contributed by atoms with E-state index in [9.17, 15) is 28.9 Å². The molecule has 0 radical (unpaired) electrons. The lowest BCUT2D eigenvalue weighted by molar-refractivity contribution is -0.161. The Morgan fingerprint density at radius 3 is 1.21 bits per heavy atom. The van der Waals surface area contributed by atoms with Gasteiger partial charge in [0.05, 0.1) is 19.8 Å². The first-order valence-corrected chi connectivity index (χ1v) is 28.0. The Morgan fingerprint density at radius 2 is 0.788 bits per heavy atom. The summed E-state index contributed by atoms with van der Waals surface area (Å²) in [6.07, 6.45) is 49.6. The number of carbonyl (C=O) groups excluding carboxylic acids is 3. The highest BCUT2D eigenvalue weighted by Crippen LogP contribution is 2.43. The number of rotatable bonds is 49. The van der Waals surface area contributed by atoms with Crippen LogP contribution in [0.4, 0.5) is 0 Å². The van der Waals surface area contributed by atoms with Gasteiger partial charge in [-0.15, -0.1) is 0 Å². The van der Waals surface area contributed by atoms with Crippen LogP contribution in [0.3, 0.4) is 0 Å². The van der Waals surface area contributed by atoms with Gasteiger partial charge in [-0.25, -0.2) is 4.57 Å². The number of aliphatic hydroxyl groups is 1. The van der Waals surface area contributed by atoms with E-state index in [1.165, 1.54) is 116 Å². The average Bonchev–Trinajstić information content (AvgIpc) is 3.30. The van der Waals surface area contributed by atoms with Crippen molar-refractivity contribution in [3.8, 4) is 0 Å². The molecule has 12 heteroatoms. The largest absolute Gasteiger partial charge is 0.472 e. The lowest BCUT2D eigenvalue weighted by atomic mass is 10.0. The molecule has 11 nitrogen and oxygen atoms in total. The molecule has 0 heterocycles. The van der Waals surface area contributed by atoms with Gasteiger partial charge in [-0.1, -0.05) is 223 Å². The van der Waals surface area contributed by atoms with Crippen molar-refractivity contribution in [2.24, 2.45) is 0 Å². The van der Waals surface area contributed by atoms with Gasteiger partial charge in [0.1, 0.15) is 12.7 Å². The van der Waals surface area contributed by atoms with Crippen molar-refractivity contribution in [2.45, 2.75) is 251 Å². The summed E-state index contributed by atoms with van der Waals surface area (Å²) in [6, 6.07) is 0. The number of ether oxygens (including phenoxy) is 3. The van der Waals surface area contributed by atoms with Crippen molar-refractivity contribution < 1.29 is 52.2 Å². The van der Waals surface area contributed by atoms with Crippen LogP contribution in [0.5, 0.6) is 0 Å². The Balaban J connectivity index is 4.79. The van der Waals surface area contributed by atoms with E-state index in [-0.39, 0.29) is 25.9 Å². The number of aliphatic hydroxyl groups excluding tert-OH is 1. The zero-order valence-electron chi connectivity index (χ0n) is 42.2. The van der Waals surface area contributed by atoms with Crippen molar-refractivity contribution in [3.63, 3.8) is 0 Å². The highest BCUT2D eigenvalue weighted by Gasteiger charge is 2.28. The molecule has 2 N–H and O–H groups in total. The maximum absolute atomic E-state index is 12.8. The van der Waals surface area contributed by atoms with E-state index in [0.717, 1.165) is 64.2 Å². The van der Waals surface area contributed by atoms with Gasteiger partial charge in [0, 0.05) is 19.3 Å². The zero-order chi connectivity index (χ0) is 48.4. The molecule has 0 amide bonds. The molecule has 384 valence electrons. The van der Waals surface area contributed by atoms with Gasteiger partial charge in [0.2, 0.25) is 0 Å². The summed E-state index contributed by atoms with van der Waals surface area (Å²) in [4.78, 5) is 48.2. The quantitative estimate of drug-likeness (QED) is 0.0197. The summed E-state index contributed by atoms with van der Waals surface area (Å²) in [6.45, 7) is 4.45. The number of phosphoric ester groups is 1. The van der Waals surface area contributed by atoms with Crippen LogP contribution in [0.15, 0.2) is 48.6 Å². The highest BCUT2D eigenvalue weighted by molar-refractivity contribution is 7.47. The summed E-state index contributed by atoms with van der Waals surface area (Å²) >= 11 is 0. The normalized spacial score (nSPS) is 13.8. The number of hydrogen-bond donors (Lipinski definition) is 2. The SMILES string of the molecule is CC/C=C\C/C=C\C/C=C\C/C=C\CCC(=O)OC(COC(=O)CCCCCCCCCCCCCCCCC)COP(=O)(O)OCC(CO)OC(=O)CCCCCCCCCCCCC. The maximum Gasteiger partial charge on any atom is 0.472 e. The predicted octanol–water partition coefficient (Wildman–Crippen LogP) is 15.0. The molecule has 66 heavy (non-hydrogen) atoms. The van der Waals surface area contributed by atoms with Gasteiger partial charge in [0.15, 0.2) is 6.10 Å². The average molecular weight is 953 g/mol. The topological polar surface area (TPSA) is 155 Å². The molecule has 0 bridgehead atoms. The molecular weight excluding hydrogens is 856 g/mol. The summed E-state index contributed by atoms with van der Waals surface area (Å²) in [5, 5.41) is 9.76. The van der Waals surface area contributed by atoms with E-state index >= 15 is 0 Å². The van der Waals surface area contributed by atoms with Gasteiger partial charge in [-0.05, 0) is 44.9 Å². The maximum atomic E-state index is 12.8. The molecule has 0 fully saturated rings. The van der Waals surface area contributed by atoms with Crippen LogP contribution >= 0.6 is 7.82 Å². The number of allylic oxidation sites excluding steroid dienone is 8. The molecule has 0 aliphatic rings. The third-order valence-corrected chi connectivity index (χ3v) is 12.2. The van der Waals surface area contributed by atoms with Crippen molar-refractivity contribution >= 4 is 25.7 Å². The Bertz CT molecular complexity index is 1300. The predicted molar refractivity (Wildman–Crippen MR) is 270 cm³/mol. The fourth-order valence-corrected chi connectivity index (χ4v) is 8.04. The molecule has 0 aliphatic carbocycles. The lowest BCUT2D eigenvalue weighted by Crippen LogP contribution is -2.30. The fourth-order valence-electron chi connectivity index (χ4n) is 7.25. The second kappa shape index (κ2) is 48.9. The van der Waals surface area contributed by atoms with Crippen LogP contribution in [0.25, 0.3) is 0 Å². The molecular formula is C54H97O11P. The minimum Gasteiger partial charge on any atom is -0.462 e. The number of phosphoric acid groups is 1. The molecule has 0 rings (SSSR count). The second-order valence-corrected chi connectivity index (χ2v) is 19.1. The van der Waals surface area contributed by atoms with Gasteiger partial charge >= 0.3 is 25.7 Å². The van der Waals surface area contributed by atoms with Gasteiger partial charge in [-0.2, -0.15) is 0 Å². The minimum absolute atomic E-state index is 0.0494. The molecule has 0 aliphatic heterocycles. The molecule has 0 saturated carbocycles. The van der Waals surface area contributed by atoms with Crippen LogP contribution in [0, 0.1) is 0 Å². The lowest BCUT2D eigenvalue weighted by Gasteiger charge is -2.21. The summed E-state index contributed by atoms with van der Waals surface area (Å²) in [5.41, 5.74) is 0. The van der Waals surface area contributed by atoms with Crippen LogP contribution < -0.4 is 0 Å². The molecule has 3 unspecified atom stereocenters. The van der Waals surface area contributed by atoms with E-state index < -0.39 is 57.8 Å². The Morgan fingerprint density at radius 1 is 0.439 bits per heavy atom. The molecule has 0 aromatic heterocycles. The van der Waals surface area contributed by atoms with Crippen LogP contribution in [-0.2, 0) is 42.2 Å². The first kappa shape index (κ1) is 63.4. The molecule has 3 atom stereocenters. The third kappa shape index (κ3) is 46.5. The summed E-state index contributed by atoms with van der Waals surface area (Å²) in [7, 11) is -4.75. The van der Waals surface area contributed by atoms with E-state index in [1.54, 1.807) is 0 Å². The van der Waals surface area contributed by atoms with Crippen LogP contribution in [0.1, 0.15) is 239 Å². The molecule has 0 aromatic rings. The molecule has 0 spiro atoms. The first-order valence-electron chi connectivity index (χ1n) is 26.5. The van der Waals surface area contributed by atoms with E-state index in [2.05, 4.69) is 57.2 Å². The van der Waals surface area contributed by atoms with Crippen LogP contribution in [-0.4, -0.2) is 66.5 Å². The van der Waals surface area contributed by atoms with Gasteiger partial charge < -0.3 is 24.2 Å². The monoisotopic (exact) mass is 953 g/mol. The van der Waals surface area contributed by atoms with E-state index in [4.69, 9.17) is 23.3 Å². The van der Waals surface area contributed by atoms with Crippen molar-refractivity contribution in [3.05, 3.63) is 48.6 Å². The van der Waals surface area contributed by atoms with Crippen molar-refractivity contribution in [2.75, 3.05) is 26.4 Å². The number of hydrogen-bond acceptors (Lipinski definition) is 10. The standard InChI is InChI=1S/C54H97O11P/c1-4-7-10-13-16-19-22-24-25-27-29-31-34-37-40-43-52(56)61-47-51(65-54(58)45-42-39-36-33-30-26-23-20-17-14-11-8-5-2)49-63-66(59,60)62-48-50(46-55)64-53(57)44-41-38-35-32-28-21-18-15-12-9-6-3/h8,11,17,20,26,30,36,39,50-51,55H,4-7,9-10,12-16,18-19,21-25,27-29,31-35,37-38,40-49H2,1-3H3,(H,59,60)/b11-8-,20-17-,30-26-,39-36-. The number of unbranched alkanes of at least 4 members (excludes halogenated alkanes) is 24. The van der Waals surface area contributed by atoms with Crippen LogP contribution in [0.2, 0.25) is 0 Å². The zero-order valence-corrected chi connectivity index (χ0v) is 43.1. The third-order valence-electron chi connectivity index (χ3n) is 11.3. The minimum atomic E-state index is -4.75. The Hall–Kier alpha value is -2.56. The Labute approximate surface area is 403 Å². The fraction of sp³-hybridized carbons (Fsp3) is 0.796. The second-order valence-electron chi connectivity index (χ2n) is 17.7. The van der Waals surface area contributed by atoms with Gasteiger partial charge in [-0.3, -0.25) is 23.4 Å². The smallest absolute Gasteiger partial charge is 0.462 e. The van der Waals surface area contributed by atoms with Crippen molar-refractivity contribution in [1.29, 1.82) is 0 Å². The van der Waals surface area contributed by atoms with Crippen molar-refractivity contribution in [1.82, 2.24) is 0 Å². The summed E-state index contributed by atoms with van der Waals surface area (Å²) < 4.78 is 39.3. The van der Waals surface area contributed by atoms with E-state index in [1.807, 2.05) is 12.2 Å².